The highest BCUT2D eigenvalue weighted by atomic mass is 16.2. The molecule has 26 heavy (non-hydrogen) atoms. The average molecular weight is 348 g/mol. The molecule has 0 saturated heterocycles. The number of hydrogen-bond acceptors (Lipinski definition) is 4. The summed E-state index contributed by atoms with van der Waals surface area (Å²) in [6.45, 7) is 4.41. The van der Waals surface area contributed by atoms with E-state index in [1.54, 1.807) is 30.5 Å². The van der Waals surface area contributed by atoms with Crippen molar-refractivity contribution in [1.29, 1.82) is 0 Å². The van der Waals surface area contributed by atoms with Crippen molar-refractivity contribution in [2.45, 2.75) is 26.8 Å². The number of carbonyl (C=O) groups excluding carboxylic acids is 1. The van der Waals surface area contributed by atoms with Crippen molar-refractivity contribution in [1.82, 2.24) is 15.2 Å². The monoisotopic (exact) mass is 348 g/mol. The molecular weight excluding hydrogens is 328 g/mol. The molecule has 0 atom stereocenters. The summed E-state index contributed by atoms with van der Waals surface area (Å²) in [5, 5.41) is 9.24. The second-order valence-corrected chi connectivity index (χ2v) is 6.03. The molecule has 0 aliphatic heterocycles. The van der Waals surface area contributed by atoms with E-state index in [-0.39, 0.29) is 11.3 Å². The number of benzene rings is 2. The number of hydrazone groups is 1. The van der Waals surface area contributed by atoms with E-state index >= 15 is 0 Å². The fourth-order valence-corrected chi connectivity index (χ4v) is 2.64. The zero-order chi connectivity index (χ0) is 18.5. The highest BCUT2D eigenvalue weighted by Crippen LogP contribution is 2.13. The summed E-state index contributed by atoms with van der Waals surface area (Å²) in [6, 6.07) is 14.8. The van der Waals surface area contributed by atoms with Crippen LogP contribution in [0.25, 0.3) is 10.8 Å². The van der Waals surface area contributed by atoms with Crippen LogP contribution < -0.4 is 11.0 Å². The fourth-order valence-electron chi connectivity index (χ4n) is 2.64. The molecule has 0 saturated carbocycles. The van der Waals surface area contributed by atoms with Crippen LogP contribution in [-0.2, 0) is 6.54 Å². The summed E-state index contributed by atoms with van der Waals surface area (Å²) in [6.07, 6.45) is 2.32. The van der Waals surface area contributed by atoms with E-state index in [0.29, 0.717) is 17.3 Å². The number of nitrogens with zero attached hydrogens (tertiary/aromatic N) is 3. The van der Waals surface area contributed by atoms with Gasteiger partial charge in [0.05, 0.1) is 11.6 Å². The first-order chi connectivity index (χ1) is 12.6. The van der Waals surface area contributed by atoms with Crippen LogP contribution in [0, 0.1) is 6.92 Å². The van der Waals surface area contributed by atoms with Crippen molar-refractivity contribution in [2.24, 2.45) is 5.10 Å². The van der Waals surface area contributed by atoms with Crippen LogP contribution in [0.5, 0.6) is 0 Å². The summed E-state index contributed by atoms with van der Waals surface area (Å²) in [5.74, 6) is -0.450. The maximum atomic E-state index is 12.6. The first-order valence-corrected chi connectivity index (χ1v) is 8.50. The quantitative estimate of drug-likeness (QED) is 0.569. The Morgan fingerprint density at radius 2 is 1.85 bits per heavy atom. The molecule has 6 nitrogen and oxygen atoms in total. The van der Waals surface area contributed by atoms with Gasteiger partial charge >= 0.3 is 0 Å². The van der Waals surface area contributed by atoms with Gasteiger partial charge in [-0.1, -0.05) is 55.0 Å². The molecule has 1 N–H and O–H groups in total. The number of aromatic nitrogens is 2. The fraction of sp³-hybridized carbons (Fsp3) is 0.200. The van der Waals surface area contributed by atoms with Gasteiger partial charge in [0.25, 0.3) is 11.5 Å². The largest absolute Gasteiger partial charge is 0.292 e. The molecule has 0 aliphatic rings. The summed E-state index contributed by atoms with van der Waals surface area (Å²) >= 11 is 0. The van der Waals surface area contributed by atoms with Gasteiger partial charge in [-0.25, -0.2) is 10.1 Å². The van der Waals surface area contributed by atoms with E-state index < -0.39 is 5.91 Å². The number of hydrogen-bond donors (Lipinski definition) is 1. The molecule has 1 amide bonds. The van der Waals surface area contributed by atoms with Crippen molar-refractivity contribution in [3.8, 4) is 0 Å². The van der Waals surface area contributed by atoms with Crippen LogP contribution in [0.4, 0.5) is 0 Å². The lowest BCUT2D eigenvalue weighted by Crippen LogP contribution is -2.29. The zero-order valence-corrected chi connectivity index (χ0v) is 14.8. The van der Waals surface area contributed by atoms with Crippen molar-refractivity contribution in [3.05, 3.63) is 75.7 Å². The Balaban J connectivity index is 1.91. The van der Waals surface area contributed by atoms with Crippen molar-refractivity contribution in [2.75, 3.05) is 0 Å². The lowest BCUT2D eigenvalue weighted by molar-refractivity contribution is 0.0949. The van der Waals surface area contributed by atoms with Crippen molar-refractivity contribution in [3.63, 3.8) is 0 Å². The van der Waals surface area contributed by atoms with E-state index in [1.165, 1.54) is 4.68 Å². The Labute approximate surface area is 151 Å². The van der Waals surface area contributed by atoms with Gasteiger partial charge in [0.15, 0.2) is 5.69 Å². The smallest absolute Gasteiger partial charge is 0.267 e. The minimum absolute atomic E-state index is 0.190. The second kappa shape index (κ2) is 7.74. The zero-order valence-electron chi connectivity index (χ0n) is 14.8. The minimum atomic E-state index is -0.450. The molecule has 3 rings (SSSR count). The summed E-state index contributed by atoms with van der Waals surface area (Å²) in [7, 11) is 0. The minimum Gasteiger partial charge on any atom is -0.267 e. The number of carbonyl (C=O) groups is 1. The van der Waals surface area contributed by atoms with E-state index in [4.69, 9.17) is 0 Å². The number of nitrogens with one attached hydrogen (secondary N) is 1. The Hall–Kier alpha value is -3.28. The van der Waals surface area contributed by atoms with Gasteiger partial charge in [0.1, 0.15) is 0 Å². The molecular formula is C20H20N4O2. The van der Waals surface area contributed by atoms with Gasteiger partial charge in [-0.3, -0.25) is 9.59 Å². The predicted octanol–water partition coefficient (Wildman–Crippen LogP) is 2.88. The van der Waals surface area contributed by atoms with Crippen LogP contribution >= 0.6 is 0 Å². The van der Waals surface area contributed by atoms with Crippen LogP contribution in [0.15, 0.2) is 58.4 Å². The molecule has 0 unspecified atom stereocenters. The van der Waals surface area contributed by atoms with Gasteiger partial charge in [-0.15, -0.1) is 0 Å². The molecule has 0 aliphatic carbocycles. The molecule has 3 aromatic rings. The third-order valence-electron chi connectivity index (χ3n) is 3.98. The molecule has 6 heteroatoms. The number of rotatable bonds is 5. The lowest BCUT2D eigenvalue weighted by atomic mass is 10.1. The van der Waals surface area contributed by atoms with E-state index in [2.05, 4.69) is 15.6 Å². The summed E-state index contributed by atoms with van der Waals surface area (Å²) < 4.78 is 1.33. The molecule has 0 bridgehead atoms. The van der Waals surface area contributed by atoms with Crippen molar-refractivity contribution < 1.29 is 4.79 Å². The van der Waals surface area contributed by atoms with Gasteiger partial charge < -0.3 is 0 Å². The highest BCUT2D eigenvalue weighted by Gasteiger charge is 2.15. The third kappa shape index (κ3) is 3.69. The molecule has 132 valence electrons. The Morgan fingerprint density at radius 3 is 2.54 bits per heavy atom. The third-order valence-corrected chi connectivity index (χ3v) is 3.98. The Kier molecular flexibility index (Phi) is 5.22. The van der Waals surface area contributed by atoms with Crippen LogP contribution in [0.1, 0.15) is 35.0 Å². The molecule has 1 aromatic heterocycles. The number of fused-ring (bicyclic) bond motifs is 1. The number of amides is 1. The van der Waals surface area contributed by atoms with Crippen LogP contribution in [0.2, 0.25) is 0 Å². The molecule has 0 radical (unpaired) electrons. The molecule has 1 heterocycles. The second-order valence-electron chi connectivity index (χ2n) is 6.03. The Bertz CT molecular complexity index is 1020. The van der Waals surface area contributed by atoms with E-state index in [9.17, 15) is 9.59 Å². The first kappa shape index (κ1) is 17.5. The van der Waals surface area contributed by atoms with Gasteiger partial charge in [0.2, 0.25) is 0 Å². The van der Waals surface area contributed by atoms with Gasteiger partial charge in [0, 0.05) is 11.9 Å². The van der Waals surface area contributed by atoms with E-state index in [1.807, 2.05) is 38.1 Å². The van der Waals surface area contributed by atoms with Crippen molar-refractivity contribution >= 4 is 22.9 Å². The molecule has 0 fully saturated rings. The van der Waals surface area contributed by atoms with E-state index in [0.717, 1.165) is 17.5 Å². The Morgan fingerprint density at radius 1 is 1.15 bits per heavy atom. The average Bonchev–Trinajstić information content (AvgIpc) is 2.65. The van der Waals surface area contributed by atoms with Gasteiger partial charge in [-0.05, 0) is 25.0 Å². The summed E-state index contributed by atoms with van der Waals surface area (Å²) in [5.41, 5.74) is 4.52. The lowest BCUT2D eigenvalue weighted by Gasteiger charge is -2.09. The molecule has 0 spiro atoms. The predicted molar refractivity (Wildman–Crippen MR) is 103 cm³/mol. The topological polar surface area (TPSA) is 76.3 Å². The normalized spacial score (nSPS) is 11.2. The highest BCUT2D eigenvalue weighted by molar-refractivity contribution is 6.04. The maximum Gasteiger partial charge on any atom is 0.292 e. The van der Waals surface area contributed by atoms with Gasteiger partial charge in [-0.2, -0.15) is 10.2 Å². The first-order valence-electron chi connectivity index (χ1n) is 8.50. The SMILES string of the molecule is CCCn1nc(C(=O)N/N=C\c2ccc(C)cc2)c2ccccc2c1=O. The summed E-state index contributed by atoms with van der Waals surface area (Å²) in [4.78, 5) is 25.0. The number of aryl methyl sites for hydroxylation is 2. The van der Waals surface area contributed by atoms with Crippen LogP contribution in [-0.4, -0.2) is 21.9 Å². The maximum absolute atomic E-state index is 12.6. The van der Waals surface area contributed by atoms with Crippen LogP contribution in [0.3, 0.4) is 0 Å². The molecule has 2 aromatic carbocycles. The standard InChI is InChI=1S/C20H20N4O2/c1-3-12-24-20(26)17-7-5-4-6-16(17)18(23-24)19(25)22-21-13-15-10-8-14(2)9-11-15/h4-11,13H,3,12H2,1-2H3,(H,22,25)/b21-13-.